The first-order valence-corrected chi connectivity index (χ1v) is 10.4. The van der Waals surface area contributed by atoms with E-state index in [9.17, 15) is 4.79 Å². The molecular weight excluding hydrogens is 390 g/mol. The van der Waals surface area contributed by atoms with Crippen molar-refractivity contribution in [3.8, 4) is 34.5 Å². The van der Waals surface area contributed by atoms with Crippen molar-refractivity contribution >= 4 is 5.91 Å². The van der Waals surface area contributed by atoms with Crippen molar-refractivity contribution in [2.24, 2.45) is 0 Å². The number of amides is 1. The standard InChI is InChI=1S/C25H25N3O3/c1-17-8-10-21(23(14-17)30-2)28-19(9-11-24(29)27-13-5-12-26)15-18-16-31-22-7-4-3-6-20(22)25(18)28/h3-4,6-8,10,14-15H,5,9,11,13,16H2,1-2H3,(H,27,29). The van der Waals surface area contributed by atoms with Gasteiger partial charge < -0.3 is 19.4 Å². The molecule has 158 valence electrons. The van der Waals surface area contributed by atoms with Crippen LogP contribution >= 0.6 is 0 Å². The van der Waals surface area contributed by atoms with E-state index in [0.717, 1.165) is 45.3 Å². The number of methoxy groups -OCH3 is 1. The molecule has 6 nitrogen and oxygen atoms in total. The predicted molar refractivity (Wildman–Crippen MR) is 118 cm³/mol. The van der Waals surface area contributed by atoms with E-state index >= 15 is 0 Å². The van der Waals surface area contributed by atoms with Crippen LogP contribution in [0.2, 0.25) is 0 Å². The smallest absolute Gasteiger partial charge is 0.220 e. The number of benzene rings is 2. The van der Waals surface area contributed by atoms with Crippen molar-refractivity contribution in [3.63, 3.8) is 0 Å². The average Bonchev–Trinajstić information content (AvgIpc) is 3.16. The molecule has 1 amide bonds. The van der Waals surface area contributed by atoms with Crippen LogP contribution in [0, 0.1) is 18.3 Å². The number of carbonyl (C=O) groups excluding carboxylic acids is 1. The van der Waals surface area contributed by atoms with Crippen molar-refractivity contribution in [2.45, 2.75) is 32.8 Å². The third-order valence-corrected chi connectivity index (χ3v) is 5.42. The second kappa shape index (κ2) is 8.97. The lowest BCUT2D eigenvalue weighted by Crippen LogP contribution is -2.24. The first-order valence-electron chi connectivity index (χ1n) is 10.4. The van der Waals surface area contributed by atoms with Crippen molar-refractivity contribution in [3.05, 3.63) is 65.4 Å². The Balaban J connectivity index is 1.78. The Morgan fingerprint density at radius 1 is 1.26 bits per heavy atom. The molecular formula is C25H25N3O3. The summed E-state index contributed by atoms with van der Waals surface area (Å²) >= 11 is 0. The summed E-state index contributed by atoms with van der Waals surface area (Å²) in [6, 6.07) is 18.3. The molecule has 1 aliphatic heterocycles. The number of nitriles is 1. The molecule has 2 aromatic carbocycles. The Bertz CT molecular complexity index is 1160. The SMILES string of the molecule is COc1cc(C)ccc1-n1c(CCC(=O)NCCC#N)cc2c1-c1ccccc1OC2. The van der Waals surface area contributed by atoms with Gasteiger partial charge in [-0.05, 0) is 49.2 Å². The van der Waals surface area contributed by atoms with Crippen LogP contribution in [0.25, 0.3) is 16.9 Å². The van der Waals surface area contributed by atoms with Gasteiger partial charge >= 0.3 is 0 Å². The highest BCUT2D eigenvalue weighted by Crippen LogP contribution is 2.42. The summed E-state index contributed by atoms with van der Waals surface area (Å²) in [5, 5.41) is 11.5. The average molecular weight is 415 g/mol. The zero-order valence-electron chi connectivity index (χ0n) is 17.8. The summed E-state index contributed by atoms with van der Waals surface area (Å²) in [6.45, 7) is 2.89. The summed E-state index contributed by atoms with van der Waals surface area (Å²) in [5.74, 6) is 1.57. The number of nitrogens with one attached hydrogen (secondary N) is 1. The summed E-state index contributed by atoms with van der Waals surface area (Å²) < 4.78 is 13.9. The van der Waals surface area contributed by atoms with Gasteiger partial charge in [0.2, 0.25) is 5.91 Å². The minimum Gasteiger partial charge on any atom is -0.495 e. The molecule has 0 radical (unpaired) electrons. The summed E-state index contributed by atoms with van der Waals surface area (Å²) in [5.41, 5.74) is 6.25. The summed E-state index contributed by atoms with van der Waals surface area (Å²) in [4.78, 5) is 12.3. The molecule has 6 heteroatoms. The van der Waals surface area contributed by atoms with E-state index in [1.54, 1.807) is 7.11 Å². The lowest BCUT2D eigenvalue weighted by molar-refractivity contribution is -0.121. The molecule has 2 heterocycles. The van der Waals surface area contributed by atoms with Crippen LogP contribution < -0.4 is 14.8 Å². The number of carbonyl (C=O) groups is 1. The van der Waals surface area contributed by atoms with Crippen LogP contribution in [0.5, 0.6) is 11.5 Å². The fourth-order valence-electron chi connectivity index (χ4n) is 3.98. The van der Waals surface area contributed by atoms with Crippen LogP contribution in [-0.2, 0) is 17.8 Å². The Kier molecular flexibility index (Phi) is 5.94. The van der Waals surface area contributed by atoms with Crippen LogP contribution in [0.3, 0.4) is 0 Å². The molecule has 0 unspecified atom stereocenters. The van der Waals surface area contributed by atoms with Crippen molar-refractivity contribution in [1.82, 2.24) is 9.88 Å². The number of fused-ring (bicyclic) bond motifs is 3. The molecule has 4 rings (SSSR count). The Hall–Kier alpha value is -3.72. The highest BCUT2D eigenvalue weighted by atomic mass is 16.5. The normalized spacial score (nSPS) is 11.6. The summed E-state index contributed by atoms with van der Waals surface area (Å²) in [7, 11) is 1.67. The van der Waals surface area contributed by atoms with Crippen LogP contribution in [0.4, 0.5) is 0 Å². The molecule has 31 heavy (non-hydrogen) atoms. The number of nitrogens with zero attached hydrogens (tertiary/aromatic N) is 2. The minimum absolute atomic E-state index is 0.0616. The maximum absolute atomic E-state index is 12.3. The number of rotatable bonds is 7. The quantitative estimate of drug-likeness (QED) is 0.583. The third kappa shape index (κ3) is 4.13. The van der Waals surface area contributed by atoms with E-state index in [1.807, 2.05) is 37.3 Å². The molecule has 3 aromatic rings. The second-order valence-electron chi connectivity index (χ2n) is 7.56. The molecule has 0 aliphatic carbocycles. The number of hydrogen-bond acceptors (Lipinski definition) is 4. The Labute approximate surface area is 182 Å². The van der Waals surface area contributed by atoms with E-state index < -0.39 is 0 Å². The first-order chi connectivity index (χ1) is 15.1. The third-order valence-electron chi connectivity index (χ3n) is 5.42. The lowest BCUT2D eigenvalue weighted by Gasteiger charge is -2.22. The van der Waals surface area contributed by atoms with E-state index in [1.165, 1.54) is 0 Å². The number of aromatic nitrogens is 1. The van der Waals surface area contributed by atoms with Gasteiger partial charge in [-0.25, -0.2) is 0 Å². The number of aryl methyl sites for hydroxylation is 2. The van der Waals surface area contributed by atoms with Gasteiger partial charge in [-0.15, -0.1) is 0 Å². The van der Waals surface area contributed by atoms with Gasteiger partial charge in [0.05, 0.1) is 31.0 Å². The zero-order valence-corrected chi connectivity index (χ0v) is 17.8. The fourth-order valence-corrected chi connectivity index (χ4v) is 3.98. The molecule has 0 spiro atoms. The number of para-hydroxylation sites is 1. The van der Waals surface area contributed by atoms with E-state index in [0.29, 0.717) is 32.4 Å². The molecule has 0 saturated heterocycles. The van der Waals surface area contributed by atoms with Crippen molar-refractivity contribution in [2.75, 3.05) is 13.7 Å². The zero-order chi connectivity index (χ0) is 21.8. The second-order valence-corrected chi connectivity index (χ2v) is 7.56. The van der Waals surface area contributed by atoms with E-state index in [2.05, 4.69) is 34.1 Å². The molecule has 1 aliphatic rings. The van der Waals surface area contributed by atoms with Gasteiger partial charge in [0.15, 0.2) is 0 Å². The maximum Gasteiger partial charge on any atom is 0.220 e. The Morgan fingerprint density at radius 2 is 2.10 bits per heavy atom. The topological polar surface area (TPSA) is 76.3 Å². The maximum atomic E-state index is 12.3. The van der Waals surface area contributed by atoms with Gasteiger partial charge in [-0.2, -0.15) is 5.26 Å². The van der Waals surface area contributed by atoms with Gasteiger partial charge in [0.1, 0.15) is 18.1 Å². The Morgan fingerprint density at radius 3 is 2.90 bits per heavy atom. The minimum atomic E-state index is -0.0616. The van der Waals surface area contributed by atoms with Gasteiger partial charge in [-0.1, -0.05) is 18.2 Å². The predicted octanol–water partition coefficient (Wildman–Crippen LogP) is 4.32. The van der Waals surface area contributed by atoms with E-state index in [4.69, 9.17) is 14.7 Å². The first kappa shape index (κ1) is 20.5. The molecule has 0 fully saturated rings. The van der Waals surface area contributed by atoms with Crippen LogP contribution in [0.15, 0.2) is 48.5 Å². The number of ether oxygens (including phenoxy) is 2. The molecule has 0 saturated carbocycles. The monoisotopic (exact) mass is 415 g/mol. The van der Waals surface area contributed by atoms with E-state index in [-0.39, 0.29) is 5.91 Å². The highest BCUT2D eigenvalue weighted by molar-refractivity contribution is 5.78. The van der Waals surface area contributed by atoms with Crippen LogP contribution in [-0.4, -0.2) is 24.1 Å². The highest BCUT2D eigenvalue weighted by Gasteiger charge is 2.26. The molecule has 1 N–H and O–H groups in total. The molecule has 0 bridgehead atoms. The molecule has 0 atom stereocenters. The van der Waals surface area contributed by atoms with Crippen molar-refractivity contribution < 1.29 is 14.3 Å². The largest absolute Gasteiger partial charge is 0.495 e. The van der Waals surface area contributed by atoms with Crippen molar-refractivity contribution in [1.29, 1.82) is 5.26 Å². The van der Waals surface area contributed by atoms with Gasteiger partial charge in [0.25, 0.3) is 0 Å². The summed E-state index contributed by atoms with van der Waals surface area (Å²) in [6.07, 6.45) is 1.21. The van der Waals surface area contributed by atoms with Crippen LogP contribution in [0.1, 0.15) is 29.7 Å². The fraction of sp³-hybridized carbons (Fsp3) is 0.280. The lowest BCUT2D eigenvalue weighted by atomic mass is 10.0. The molecule has 1 aromatic heterocycles. The van der Waals surface area contributed by atoms with Gasteiger partial charge in [-0.3, -0.25) is 4.79 Å². The van der Waals surface area contributed by atoms with Gasteiger partial charge in [0, 0.05) is 29.8 Å². The number of hydrogen-bond donors (Lipinski definition) is 1.